The summed E-state index contributed by atoms with van der Waals surface area (Å²) < 4.78 is 5.70. The van der Waals surface area contributed by atoms with Gasteiger partial charge in [-0.1, -0.05) is 72.4 Å². The number of nitrogens with zero attached hydrogens (tertiary/aromatic N) is 1. The molecule has 0 aliphatic carbocycles. The summed E-state index contributed by atoms with van der Waals surface area (Å²) in [6.45, 7) is 0. The Kier molecular flexibility index (Phi) is 5.99. The number of ether oxygens (including phenoxy) is 1. The molecule has 35 heavy (non-hydrogen) atoms. The number of hydrogen-bond acceptors (Lipinski definition) is 3. The van der Waals surface area contributed by atoms with Crippen molar-refractivity contribution in [3.8, 4) is 5.75 Å². The largest absolute Gasteiger partial charge is 0.497 e. The van der Waals surface area contributed by atoms with Crippen LogP contribution in [-0.2, 0) is 10.9 Å². The molecule has 1 aliphatic rings. The van der Waals surface area contributed by atoms with Gasteiger partial charge in [0, 0.05) is 16.6 Å². The Morgan fingerprint density at radius 1 is 0.600 bits per heavy atom. The van der Waals surface area contributed by atoms with Crippen LogP contribution in [-0.4, -0.2) is 7.11 Å². The van der Waals surface area contributed by atoms with E-state index in [0.717, 1.165) is 5.75 Å². The molecule has 4 heteroatoms. The van der Waals surface area contributed by atoms with Crippen molar-refractivity contribution in [1.82, 2.24) is 0 Å². The summed E-state index contributed by atoms with van der Waals surface area (Å²) in [5, 5.41) is 0. The average molecular weight is 491 g/mol. The van der Waals surface area contributed by atoms with E-state index in [0.29, 0.717) is 0 Å². The Balaban J connectivity index is 1.58. The van der Waals surface area contributed by atoms with Crippen LogP contribution >= 0.6 is 11.8 Å². The fraction of sp³-hybridized carbons (Fsp3) is 0.0323. The molecule has 5 aromatic carbocycles. The molecule has 1 heterocycles. The van der Waals surface area contributed by atoms with Crippen molar-refractivity contribution in [1.29, 1.82) is 0 Å². The van der Waals surface area contributed by atoms with Crippen LogP contribution < -0.4 is 9.64 Å². The van der Waals surface area contributed by atoms with Gasteiger partial charge in [0.25, 0.3) is 0 Å². The molecule has 0 fully saturated rings. The van der Waals surface area contributed by atoms with Crippen LogP contribution in [0.4, 0.5) is 17.1 Å². The first-order chi connectivity index (χ1) is 17.3. The van der Waals surface area contributed by atoms with Gasteiger partial charge in [0.15, 0.2) is 14.7 Å². The van der Waals surface area contributed by atoms with Gasteiger partial charge in [0.05, 0.1) is 12.0 Å². The summed E-state index contributed by atoms with van der Waals surface area (Å²) in [7, 11) is 1.45. The minimum atomic E-state index is -0.292. The Labute approximate surface area is 213 Å². The predicted octanol–water partition coefficient (Wildman–Crippen LogP) is 8.73. The second-order valence-corrected chi connectivity index (χ2v) is 11.2. The second-order valence-electron chi connectivity index (χ2n) is 8.14. The third-order valence-electron chi connectivity index (χ3n) is 6.01. The number of hydrogen-bond donors (Lipinski definition) is 0. The van der Waals surface area contributed by atoms with Crippen molar-refractivity contribution in [2.24, 2.45) is 0 Å². The molecule has 0 amide bonds. The molecular formula is C31H24NOS2+. The van der Waals surface area contributed by atoms with Crippen LogP contribution in [0.1, 0.15) is 0 Å². The molecular weight excluding hydrogens is 466 g/mol. The Morgan fingerprint density at radius 2 is 1.17 bits per heavy atom. The minimum absolute atomic E-state index is 0.292. The van der Waals surface area contributed by atoms with Crippen LogP contribution in [0, 0.1) is 0 Å². The summed E-state index contributed by atoms with van der Waals surface area (Å²) in [6, 6.07) is 45.3. The fourth-order valence-electron chi connectivity index (χ4n) is 4.44. The summed E-state index contributed by atoms with van der Waals surface area (Å²) in [6.07, 6.45) is 0. The van der Waals surface area contributed by atoms with Crippen LogP contribution in [0.5, 0.6) is 5.75 Å². The topological polar surface area (TPSA) is 12.5 Å². The van der Waals surface area contributed by atoms with Gasteiger partial charge < -0.3 is 9.64 Å². The van der Waals surface area contributed by atoms with E-state index < -0.39 is 0 Å². The molecule has 1 aliphatic heterocycles. The number of methoxy groups -OCH3 is 1. The van der Waals surface area contributed by atoms with Gasteiger partial charge in [-0.05, 0) is 60.7 Å². The second kappa shape index (κ2) is 9.57. The summed E-state index contributed by atoms with van der Waals surface area (Å²) in [5.41, 5.74) is 3.61. The minimum Gasteiger partial charge on any atom is -0.497 e. The normalized spacial score (nSPS) is 12.7. The molecule has 0 saturated heterocycles. The SMILES string of the molecule is COc1ccc(Sc2ccccc2)c([S+]2c3ccccc3N(c3ccccc3)c3ccccc32)c1. The van der Waals surface area contributed by atoms with Crippen LogP contribution in [0.3, 0.4) is 0 Å². The molecule has 0 spiro atoms. The third-order valence-corrected chi connectivity index (χ3v) is 9.57. The van der Waals surface area contributed by atoms with Crippen LogP contribution in [0.25, 0.3) is 0 Å². The first kappa shape index (κ1) is 21.9. The molecule has 170 valence electrons. The van der Waals surface area contributed by atoms with E-state index in [4.69, 9.17) is 4.74 Å². The van der Waals surface area contributed by atoms with Crippen LogP contribution in [0.15, 0.2) is 152 Å². The van der Waals surface area contributed by atoms with E-state index in [1.54, 1.807) is 7.11 Å². The Morgan fingerprint density at radius 3 is 1.80 bits per heavy atom. The van der Waals surface area contributed by atoms with Gasteiger partial charge in [0.2, 0.25) is 0 Å². The lowest BCUT2D eigenvalue weighted by atomic mass is 10.2. The van der Waals surface area contributed by atoms with E-state index in [9.17, 15) is 0 Å². The maximum Gasteiger partial charge on any atom is 0.190 e. The van der Waals surface area contributed by atoms with Crippen molar-refractivity contribution >= 4 is 39.7 Å². The van der Waals surface area contributed by atoms with Gasteiger partial charge in [-0.2, -0.15) is 0 Å². The van der Waals surface area contributed by atoms with E-state index >= 15 is 0 Å². The molecule has 0 bridgehead atoms. The maximum atomic E-state index is 5.70. The first-order valence-corrected chi connectivity index (χ1v) is 13.6. The van der Waals surface area contributed by atoms with Gasteiger partial charge in [0.1, 0.15) is 28.0 Å². The Hall–Kier alpha value is -3.60. The monoisotopic (exact) mass is 490 g/mol. The molecule has 0 saturated carbocycles. The quantitative estimate of drug-likeness (QED) is 0.224. The highest BCUT2D eigenvalue weighted by Gasteiger charge is 2.43. The van der Waals surface area contributed by atoms with Gasteiger partial charge >= 0.3 is 0 Å². The number of benzene rings is 5. The lowest BCUT2D eigenvalue weighted by molar-refractivity contribution is 0.413. The van der Waals surface area contributed by atoms with Crippen molar-refractivity contribution in [3.05, 3.63) is 127 Å². The third kappa shape index (κ3) is 4.09. The molecule has 6 rings (SSSR count). The zero-order valence-electron chi connectivity index (χ0n) is 19.3. The van der Waals surface area contributed by atoms with Crippen molar-refractivity contribution < 1.29 is 4.74 Å². The molecule has 0 radical (unpaired) electrons. The molecule has 0 unspecified atom stereocenters. The molecule has 0 atom stereocenters. The number of para-hydroxylation sites is 3. The summed E-state index contributed by atoms with van der Waals surface area (Å²) in [5.74, 6) is 0.880. The lowest BCUT2D eigenvalue weighted by Crippen LogP contribution is -2.22. The zero-order valence-corrected chi connectivity index (χ0v) is 20.9. The highest BCUT2D eigenvalue weighted by Crippen LogP contribution is 2.53. The van der Waals surface area contributed by atoms with Gasteiger partial charge in [-0.25, -0.2) is 0 Å². The van der Waals surface area contributed by atoms with Gasteiger partial charge in [-0.3, -0.25) is 0 Å². The average Bonchev–Trinajstić information content (AvgIpc) is 2.93. The maximum absolute atomic E-state index is 5.70. The van der Waals surface area contributed by atoms with E-state index in [2.05, 4.69) is 132 Å². The Bertz CT molecular complexity index is 1420. The van der Waals surface area contributed by atoms with Crippen molar-refractivity contribution in [2.45, 2.75) is 24.5 Å². The number of anilines is 3. The van der Waals surface area contributed by atoms with Gasteiger partial charge in [-0.15, -0.1) is 0 Å². The zero-order chi connectivity index (χ0) is 23.6. The smallest absolute Gasteiger partial charge is 0.190 e. The standard InChI is InChI=1S/C31H24NOS2/c1-33-24-20-21-28(34-25-14-6-3-7-15-25)31(22-24)35-29-18-10-8-16-26(29)32(23-12-4-2-5-13-23)27-17-9-11-19-30(27)35/h2-22H,1H3/q+1. The van der Waals surface area contributed by atoms with E-state index in [1.165, 1.54) is 41.5 Å². The predicted molar refractivity (Wildman–Crippen MR) is 147 cm³/mol. The number of fused-ring (bicyclic) bond motifs is 2. The first-order valence-electron chi connectivity index (χ1n) is 11.5. The summed E-state index contributed by atoms with van der Waals surface area (Å²) >= 11 is 1.81. The van der Waals surface area contributed by atoms with Crippen molar-refractivity contribution in [3.63, 3.8) is 0 Å². The number of rotatable bonds is 5. The molecule has 0 aromatic heterocycles. The molecule has 5 aromatic rings. The molecule has 0 N–H and O–H groups in total. The lowest BCUT2D eigenvalue weighted by Gasteiger charge is -2.32. The fourth-order valence-corrected chi connectivity index (χ4v) is 8.04. The van der Waals surface area contributed by atoms with Crippen LogP contribution in [0.2, 0.25) is 0 Å². The highest BCUT2D eigenvalue weighted by atomic mass is 32.2. The van der Waals surface area contributed by atoms with E-state index in [1.807, 2.05) is 11.8 Å². The van der Waals surface area contributed by atoms with E-state index in [-0.39, 0.29) is 10.9 Å². The summed E-state index contributed by atoms with van der Waals surface area (Å²) in [4.78, 5) is 8.78. The highest BCUT2D eigenvalue weighted by molar-refractivity contribution is 8.01. The molecule has 2 nitrogen and oxygen atoms in total. The van der Waals surface area contributed by atoms with Crippen molar-refractivity contribution in [2.75, 3.05) is 12.0 Å².